The van der Waals surface area contributed by atoms with E-state index in [1.807, 2.05) is 44.2 Å². The van der Waals surface area contributed by atoms with Gasteiger partial charge in [-0.1, -0.05) is 36.9 Å². The number of allylic oxidation sites excluding steroid dienone is 4. The Hall–Kier alpha value is -2.88. The maximum absolute atomic E-state index is 5.70. The zero-order valence-corrected chi connectivity index (χ0v) is 16.8. The summed E-state index contributed by atoms with van der Waals surface area (Å²) in [5.74, 6) is 0.826. The molecule has 1 aromatic rings. The maximum atomic E-state index is 5.70. The van der Waals surface area contributed by atoms with Gasteiger partial charge in [-0.15, -0.1) is 6.58 Å². The van der Waals surface area contributed by atoms with Crippen LogP contribution < -0.4 is 11.1 Å². The highest BCUT2D eigenvalue weighted by Crippen LogP contribution is 2.20. The van der Waals surface area contributed by atoms with Crippen LogP contribution >= 0.6 is 0 Å². The Labute approximate surface area is 164 Å². The van der Waals surface area contributed by atoms with Crippen LogP contribution in [0.25, 0.3) is 11.3 Å². The highest BCUT2D eigenvalue weighted by molar-refractivity contribution is 6.09. The van der Waals surface area contributed by atoms with E-state index < -0.39 is 0 Å². The minimum absolute atomic E-state index is 0.703. The lowest BCUT2D eigenvalue weighted by molar-refractivity contribution is 0.724. The summed E-state index contributed by atoms with van der Waals surface area (Å²) in [6.07, 6.45) is 11.7. The van der Waals surface area contributed by atoms with E-state index in [0.717, 1.165) is 48.2 Å². The average Bonchev–Trinajstić information content (AvgIpc) is 2.68. The Kier molecular flexibility index (Phi) is 10.2. The van der Waals surface area contributed by atoms with Gasteiger partial charge in [0.05, 0.1) is 5.70 Å². The first-order valence-electron chi connectivity index (χ1n) is 9.27. The van der Waals surface area contributed by atoms with Crippen molar-refractivity contribution < 1.29 is 0 Å². The van der Waals surface area contributed by atoms with Gasteiger partial charge in [-0.25, -0.2) is 4.99 Å². The van der Waals surface area contributed by atoms with E-state index in [2.05, 4.69) is 34.5 Å². The molecule has 0 unspecified atom stereocenters. The standard InChI is InChI=1S/C23H32N4/c1-6-8-9-10-14-23(7-2)27-19(4)26-18(3)20-12-11-13-21(15-20)22(16-24)17-25-5/h6-7,11-13,15-17H,1,3,8-10,14,24H2,2,4-5H3,(H,26,27)/b22-16?,23-7-,25-17?. The first-order valence-corrected chi connectivity index (χ1v) is 9.27. The van der Waals surface area contributed by atoms with Crippen LogP contribution in [0.15, 0.2) is 71.5 Å². The van der Waals surface area contributed by atoms with Crippen molar-refractivity contribution in [1.82, 2.24) is 5.32 Å². The molecule has 0 heterocycles. The van der Waals surface area contributed by atoms with Crippen molar-refractivity contribution in [1.29, 1.82) is 0 Å². The Bertz CT molecular complexity index is 751. The number of amidine groups is 1. The van der Waals surface area contributed by atoms with Crippen molar-refractivity contribution in [3.63, 3.8) is 0 Å². The predicted molar refractivity (Wildman–Crippen MR) is 121 cm³/mol. The van der Waals surface area contributed by atoms with Gasteiger partial charge in [0.25, 0.3) is 0 Å². The summed E-state index contributed by atoms with van der Waals surface area (Å²) >= 11 is 0. The molecule has 0 bridgehead atoms. The number of nitrogens with two attached hydrogens (primary N) is 1. The molecule has 144 valence electrons. The zero-order valence-electron chi connectivity index (χ0n) is 16.8. The van der Waals surface area contributed by atoms with Crippen molar-refractivity contribution in [3.05, 3.63) is 72.6 Å². The fourth-order valence-electron chi connectivity index (χ4n) is 2.64. The molecule has 0 atom stereocenters. The minimum atomic E-state index is 0.703. The fraction of sp³-hybridized carbons (Fsp3) is 0.304. The van der Waals surface area contributed by atoms with Crippen LogP contribution in [0.5, 0.6) is 0 Å². The molecule has 0 radical (unpaired) electrons. The van der Waals surface area contributed by atoms with E-state index in [0.29, 0.717) is 5.70 Å². The monoisotopic (exact) mass is 364 g/mol. The molecule has 0 aliphatic rings. The lowest BCUT2D eigenvalue weighted by Crippen LogP contribution is -2.19. The average molecular weight is 365 g/mol. The fourth-order valence-corrected chi connectivity index (χ4v) is 2.64. The molecule has 1 rings (SSSR count). The molecule has 0 aliphatic heterocycles. The van der Waals surface area contributed by atoms with E-state index in [4.69, 9.17) is 5.73 Å². The van der Waals surface area contributed by atoms with Gasteiger partial charge in [0.15, 0.2) is 0 Å². The first kappa shape index (κ1) is 22.2. The third kappa shape index (κ3) is 7.90. The highest BCUT2D eigenvalue weighted by atomic mass is 15.0. The Morgan fingerprint density at radius 2 is 2.00 bits per heavy atom. The number of nitrogens with zero attached hydrogens (tertiary/aromatic N) is 2. The summed E-state index contributed by atoms with van der Waals surface area (Å²) < 4.78 is 0. The first-order chi connectivity index (χ1) is 13.0. The van der Waals surface area contributed by atoms with Crippen molar-refractivity contribution in [2.24, 2.45) is 15.7 Å². The number of nitrogens with one attached hydrogen (secondary N) is 1. The molecule has 3 N–H and O–H groups in total. The van der Waals surface area contributed by atoms with Crippen LogP contribution in [0.3, 0.4) is 0 Å². The minimum Gasteiger partial charge on any atom is -0.404 e. The van der Waals surface area contributed by atoms with Gasteiger partial charge >= 0.3 is 0 Å². The molecule has 0 amide bonds. The molecule has 1 aromatic carbocycles. The molecule has 0 aliphatic carbocycles. The van der Waals surface area contributed by atoms with Gasteiger partial charge in [0, 0.05) is 36.3 Å². The number of hydrogen-bond donors (Lipinski definition) is 2. The smallest absolute Gasteiger partial charge is 0.103 e. The quantitative estimate of drug-likeness (QED) is 0.255. The molecule has 27 heavy (non-hydrogen) atoms. The van der Waals surface area contributed by atoms with Gasteiger partial charge in [0.2, 0.25) is 0 Å². The summed E-state index contributed by atoms with van der Waals surface area (Å²) in [7, 11) is 1.72. The van der Waals surface area contributed by atoms with Crippen LogP contribution in [0.1, 0.15) is 50.7 Å². The second-order valence-corrected chi connectivity index (χ2v) is 6.21. The molecule has 4 heteroatoms. The van der Waals surface area contributed by atoms with Crippen LogP contribution in [0.4, 0.5) is 0 Å². The SMILES string of the molecule is C=CCCCC/C(=C/C)NC(C)=NC(=C)c1cccc(C(C=NC)=CN)c1. The Morgan fingerprint density at radius 1 is 1.26 bits per heavy atom. The third-order valence-corrected chi connectivity index (χ3v) is 4.07. The van der Waals surface area contributed by atoms with Gasteiger partial charge in [-0.2, -0.15) is 0 Å². The summed E-state index contributed by atoms with van der Waals surface area (Å²) in [6, 6.07) is 7.97. The zero-order chi connectivity index (χ0) is 20.1. The largest absolute Gasteiger partial charge is 0.404 e. The van der Waals surface area contributed by atoms with E-state index in [1.165, 1.54) is 5.70 Å². The van der Waals surface area contributed by atoms with E-state index in [-0.39, 0.29) is 0 Å². The summed E-state index contributed by atoms with van der Waals surface area (Å²) in [6.45, 7) is 11.9. The van der Waals surface area contributed by atoms with Crippen molar-refractivity contribution in [2.45, 2.75) is 39.5 Å². The van der Waals surface area contributed by atoms with Crippen molar-refractivity contribution in [2.75, 3.05) is 7.05 Å². The van der Waals surface area contributed by atoms with Crippen LogP contribution in [0.2, 0.25) is 0 Å². The van der Waals surface area contributed by atoms with Crippen LogP contribution in [-0.2, 0) is 0 Å². The second-order valence-electron chi connectivity index (χ2n) is 6.21. The molecule has 4 nitrogen and oxygen atoms in total. The number of hydrogen-bond acceptors (Lipinski definition) is 3. The second kappa shape index (κ2) is 12.5. The van der Waals surface area contributed by atoms with E-state index >= 15 is 0 Å². The number of rotatable bonds is 10. The number of aliphatic imine (C=N–C) groups is 2. The molecular formula is C23H32N4. The Balaban J connectivity index is 2.82. The predicted octanol–water partition coefficient (Wildman–Crippen LogP) is 5.32. The van der Waals surface area contributed by atoms with Crippen molar-refractivity contribution in [3.8, 4) is 0 Å². The highest BCUT2D eigenvalue weighted by Gasteiger charge is 2.04. The van der Waals surface area contributed by atoms with E-state index in [1.54, 1.807) is 19.5 Å². The van der Waals surface area contributed by atoms with Crippen LogP contribution in [-0.4, -0.2) is 19.1 Å². The lowest BCUT2D eigenvalue weighted by Gasteiger charge is -2.11. The van der Waals surface area contributed by atoms with Crippen LogP contribution in [0, 0.1) is 0 Å². The summed E-state index contributed by atoms with van der Waals surface area (Å²) in [5, 5.41) is 3.38. The maximum Gasteiger partial charge on any atom is 0.103 e. The van der Waals surface area contributed by atoms with Gasteiger partial charge < -0.3 is 11.1 Å². The molecule has 0 spiro atoms. The molecular weight excluding hydrogens is 332 g/mol. The van der Waals surface area contributed by atoms with Gasteiger partial charge in [-0.3, -0.25) is 4.99 Å². The van der Waals surface area contributed by atoms with Gasteiger partial charge in [-0.05, 0) is 51.2 Å². The number of benzene rings is 1. The molecule has 0 saturated carbocycles. The Morgan fingerprint density at radius 3 is 2.63 bits per heavy atom. The molecule has 0 aromatic heterocycles. The third-order valence-electron chi connectivity index (χ3n) is 4.07. The number of unbranched alkanes of at least 4 members (excludes halogenated alkanes) is 2. The van der Waals surface area contributed by atoms with Crippen molar-refractivity contribution >= 4 is 23.3 Å². The summed E-state index contributed by atoms with van der Waals surface area (Å²) in [4.78, 5) is 8.66. The van der Waals surface area contributed by atoms with E-state index in [9.17, 15) is 0 Å². The van der Waals surface area contributed by atoms with Gasteiger partial charge in [0.1, 0.15) is 5.84 Å². The lowest BCUT2D eigenvalue weighted by atomic mass is 10.0. The summed E-state index contributed by atoms with van der Waals surface area (Å²) in [5.41, 5.74) is 10.4. The molecule has 0 fully saturated rings. The molecule has 0 saturated heterocycles. The topological polar surface area (TPSA) is 62.8 Å². The normalized spacial score (nSPS) is 13.1.